The van der Waals surface area contributed by atoms with Crippen molar-refractivity contribution < 1.29 is 14.3 Å². The van der Waals surface area contributed by atoms with Crippen LogP contribution >= 0.6 is 0 Å². The SMILES string of the molecule is CC[C@@]12CC[C@]3(C)C(CCC4[C@@]5(C)CC[C@H](OC(C)=O)C(C)(C)C5CC[C@]43C)C1=C(C)C(=O)C2. The highest BCUT2D eigenvalue weighted by Gasteiger charge is 2.69. The maximum Gasteiger partial charge on any atom is 0.302 e. The fraction of sp³-hybridized carbons (Fsp3) is 0.871. The molecule has 4 saturated carbocycles. The summed E-state index contributed by atoms with van der Waals surface area (Å²) in [6.07, 6.45) is 11.6. The molecule has 0 bridgehead atoms. The lowest BCUT2D eigenvalue weighted by Crippen LogP contribution is -2.65. The van der Waals surface area contributed by atoms with E-state index < -0.39 is 0 Å². The molecular formula is C31H48O3. The van der Waals surface area contributed by atoms with Crippen molar-refractivity contribution in [3.8, 4) is 0 Å². The van der Waals surface area contributed by atoms with Crippen LogP contribution in [0, 0.1) is 44.8 Å². The predicted octanol–water partition coefficient (Wildman–Crippen LogP) is 7.67. The Bertz CT molecular complexity index is 944. The van der Waals surface area contributed by atoms with Crippen LogP contribution in [0.3, 0.4) is 0 Å². The molecule has 0 aliphatic heterocycles. The van der Waals surface area contributed by atoms with Crippen LogP contribution in [0.5, 0.6) is 0 Å². The summed E-state index contributed by atoms with van der Waals surface area (Å²) in [5, 5.41) is 0. The van der Waals surface area contributed by atoms with Crippen molar-refractivity contribution >= 4 is 11.8 Å². The normalized spacial score (nSPS) is 49.6. The van der Waals surface area contributed by atoms with E-state index in [1.165, 1.54) is 44.9 Å². The average molecular weight is 469 g/mol. The van der Waals surface area contributed by atoms with Gasteiger partial charge in [-0.15, -0.1) is 0 Å². The second-order valence-corrected chi connectivity index (χ2v) is 14.3. The lowest BCUT2D eigenvalue weighted by atomic mass is 9.33. The third-order valence-electron chi connectivity index (χ3n) is 13.2. The highest BCUT2D eigenvalue weighted by atomic mass is 16.5. The monoisotopic (exact) mass is 468 g/mol. The minimum atomic E-state index is -0.133. The maximum atomic E-state index is 13.0. The molecule has 5 aliphatic rings. The molecule has 0 saturated heterocycles. The van der Waals surface area contributed by atoms with Crippen molar-refractivity contribution in [1.29, 1.82) is 0 Å². The van der Waals surface area contributed by atoms with Gasteiger partial charge in [-0.05, 0) is 110 Å². The van der Waals surface area contributed by atoms with E-state index >= 15 is 0 Å². The Hall–Kier alpha value is -1.12. The zero-order valence-corrected chi connectivity index (χ0v) is 23.1. The highest BCUT2D eigenvalue weighted by Crippen LogP contribution is 2.76. The minimum absolute atomic E-state index is 0.0126. The van der Waals surface area contributed by atoms with Gasteiger partial charge in [0.05, 0.1) is 0 Å². The predicted molar refractivity (Wildman–Crippen MR) is 136 cm³/mol. The molecule has 190 valence electrons. The molecule has 0 heterocycles. The summed E-state index contributed by atoms with van der Waals surface area (Å²) >= 11 is 0. The van der Waals surface area contributed by atoms with Gasteiger partial charge in [0.15, 0.2) is 5.78 Å². The molecule has 0 spiro atoms. The van der Waals surface area contributed by atoms with E-state index in [9.17, 15) is 9.59 Å². The van der Waals surface area contributed by atoms with Crippen molar-refractivity contribution in [3.05, 3.63) is 11.1 Å². The number of Topliss-reactive ketones (excluding diaryl/α,β-unsaturated/α-hetero) is 1. The molecule has 34 heavy (non-hydrogen) atoms. The number of ketones is 1. The van der Waals surface area contributed by atoms with Gasteiger partial charge in [-0.1, -0.05) is 47.1 Å². The van der Waals surface area contributed by atoms with Gasteiger partial charge in [0, 0.05) is 18.8 Å². The van der Waals surface area contributed by atoms with Gasteiger partial charge in [0.1, 0.15) is 6.10 Å². The van der Waals surface area contributed by atoms with Crippen LogP contribution in [0.2, 0.25) is 0 Å². The maximum absolute atomic E-state index is 13.0. The van der Waals surface area contributed by atoms with Crippen LogP contribution in [-0.4, -0.2) is 17.9 Å². The number of rotatable bonds is 2. The zero-order chi connectivity index (χ0) is 24.9. The van der Waals surface area contributed by atoms with Crippen LogP contribution in [-0.2, 0) is 14.3 Å². The van der Waals surface area contributed by atoms with E-state index in [1.807, 2.05) is 0 Å². The molecule has 3 nitrogen and oxygen atoms in total. The largest absolute Gasteiger partial charge is 0.462 e. The third-order valence-corrected chi connectivity index (χ3v) is 13.2. The lowest BCUT2D eigenvalue weighted by molar-refractivity contribution is -0.232. The van der Waals surface area contributed by atoms with Crippen molar-refractivity contribution in [3.63, 3.8) is 0 Å². The molecule has 3 heteroatoms. The smallest absolute Gasteiger partial charge is 0.302 e. The Labute approximate surface area is 207 Å². The molecule has 5 aliphatic carbocycles. The first kappa shape index (κ1) is 24.6. The van der Waals surface area contributed by atoms with E-state index in [1.54, 1.807) is 12.5 Å². The molecule has 4 fully saturated rings. The van der Waals surface area contributed by atoms with Gasteiger partial charge in [-0.25, -0.2) is 0 Å². The second kappa shape index (κ2) is 7.45. The summed E-state index contributed by atoms with van der Waals surface area (Å²) in [5.41, 5.74) is 3.72. The van der Waals surface area contributed by atoms with Crippen LogP contribution in [0.25, 0.3) is 0 Å². The Morgan fingerprint density at radius 1 is 0.912 bits per heavy atom. The van der Waals surface area contributed by atoms with Crippen molar-refractivity contribution in [2.45, 2.75) is 126 Å². The molecule has 0 N–H and O–H groups in total. The third kappa shape index (κ3) is 2.88. The summed E-state index contributed by atoms with van der Waals surface area (Å²) in [6, 6.07) is 0. The molecule has 8 atom stereocenters. The molecule has 0 amide bonds. The standard InChI is InChI=1S/C31H48O3/c1-9-31-17-16-29(7)21(26(31)19(2)22(33)18-31)10-11-24-28(6)14-13-25(34-20(3)32)27(4,5)23(28)12-15-30(24,29)8/h21,23-25H,9-18H2,1-8H3/t21?,23?,24?,25-,28-,29+,30+,31-/m0/s1. The first-order valence-corrected chi connectivity index (χ1v) is 14.2. The number of fused-ring (bicyclic) bond motifs is 7. The average Bonchev–Trinajstić information content (AvgIpc) is 3.01. The number of ether oxygens (including phenoxy) is 1. The highest BCUT2D eigenvalue weighted by molar-refractivity contribution is 5.99. The summed E-state index contributed by atoms with van der Waals surface area (Å²) < 4.78 is 5.88. The molecule has 3 unspecified atom stereocenters. The van der Waals surface area contributed by atoms with Gasteiger partial charge in [0.25, 0.3) is 0 Å². The summed E-state index contributed by atoms with van der Waals surface area (Å²) in [4.78, 5) is 24.8. The summed E-state index contributed by atoms with van der Waals surface area (Å²) in [7, 11) is 0. The lowest BCUT2D eigenvalue weighted by Gasteiger charge is -2.72. The van der Waals surface area contributed by atoms with Gasteiger partial charge in [-0.3, -0.25) is 9.59 Å². The number of carbonyl (C=O) groups excluding carboxylic acids is 2. The number of esters is 1. The van der Waals surface area contributed by atoms with Crippen molar-refractivity contribution in [1.82, 2.24) is 0 Å². The summed E-state index contributed by atoms with van der Waals surface area (Å²) in [6.45, 7) is 18.6. The second-order valence-electron chi connectivity index (χ2n) is 14.3. The van der Waals surface area contributed by atoms with Crippen LogP contribution < -0.4 is 0 Å². The van der Waals surface area contributed by atoms with E-state index in [0.29, 0.717) is 29.0 Å². The number of carbonyl (C=O) groups is 2. The Balaban J connectivity index is 1.53. The molecule has 0 radical (unpaired) electrons. The van der Waals surface area contributed by atoms with E-state index in [-0.39, 0.29) is 33.7 Å². The van der Waals surface area contributed by atoms with E-state index in [0.717, 1.165) is 24.8 Å². The number of hydrogen-bond acceptors (Lipinski definition) is 3. The minimum Gasteiger partial charge on any atom is -0.462 e. The molecule has 0 aromatic heterocycles. The topological polar surface area (TPSA) is 43.4 Å². The molecule has 0 aromatic carbocycles. The van der Waals surface area contributed by atoms with Crippen LogP contribution in [0.1, 0.15) is 120 Å². The van der Waals surface area contributed by atoms with Gasteiger partial charge < -0.3 is 4.74 Å². The van der Waals surface area contributed by atoms with E-state index in [2.05, 4.69) is 48.5 Å². The van der Waals surface area contributed by atoms with Gasteiger partial charge >= 0.3 is 5.97 Å². The molecule has 0 aromatic rings. The first-order valence-electron chi connectivity index (χ1n) is 14.2. The zero-order valence-electron chi connectivity index (χ0n) is 23.1. The Kier molecular flexibility index (Phi) is 5.38. The number of allylic oxidation sites excluding steroid dienone is 2. The molecule has 5 rings (SSSR count). The van der Waals surface area contributed by atoms with Crippen molar-refractivity contribution in [2.75, 3.05) is 0 Å². The number of hydrogen-bond donors (Lipinski definition) is 0. The van der Waals surface area contributed by atoms with E-state index in [4.69, 9.17) is 4.74 Å². The van der Waals surface area contributed by atoms with Crippen LogP contribution in [0.4, 0.5) is 0 Å². The van der Waals surface area contributed by atoms with Gasteiger partial charge in [0.2, 0.25) is 0 Å². The fourth-order valence-electron chi connectivity index (χ4n) is 11.2. The fourth-order valence-corrected chi connectivity index (χ4v) is 11.2. The van der Waals surface area contributed by atoms with Gasteiger partial charge in [-0.2, -0.15) is 0 Å². The molecular weight excluding hydrogens is 420 g/mol. The Morgan fingerprint density at radius 2 is 1.62 bits per heavy atom. The summed E-state index contributed by atoms with van der Waals surface area (Å²) in [5.74, 6) is 2.15. The quantitative estimate of drug-likeness (QED) is 0.390. The first-order chi connectivity index (χ1) is 15.8. The van der Waals surface area contributed by atoms with Crippen LogP contribution in [0.15, 0.2) is 11.1 Å². The Morgan fingerprint density at radius 3 is 2.26 bits per heavy atom. The van der Waals surface area contributed by atoms with Crippen molar-refractivity contribution in [2.24, 2.45) is 44.8 Å².